The van der Waals surface area contributed by atoms with Gasteiger partial charge in [0.1, 0.15) is 0 Å². The van der Waals surface area contributed by atoms with E-state index in [0.29, 0.717) is 0 Å². The molecule has 1 aromatic heterocycles. The maximum atomic E-state index is 3.97. The summed E-state index contributed by atoms with van der Waals surface area (Å²) in [5, 5.41) is 7.92. The Balaban J connectivity index is 2.83. The van der Waals surface area contributed by atoms with Gasteiger partial charge in [0.25, 0.3) is 0 Å². The van der Waals surface area contributed by atoms with Crippen molar-refractivity contribution in [1.82, 2.24) is 15.0 Å². The van der Waals surface area contributed by atoms with Crippen LogP contribution in [-0.2, 0) is 6.54 Å². The second kappa shape index (κ2) is 2.82. The van der Waals surface area contributed by atoms with Crippen LogP contribution in [0.1, 0.15) is 24.7 Å². The SMILES string of the molecule is CCCn1nnc(C)c1C. The number of nitrogens with zero attached hydrogens (tertiary/aromatic N) is 3. The maximum Gasteiger partial charge on any atom is 0.0825 e. The van der Waals surface area contributed by atoms with Gasteiger partial charge in [-0.3, -0.25) is 0 Å². The molecule has 0 fully saturated rings. The highest BCUT2D eigenvalue weighted by Crippen LogP contribution is 2.00. The summed E-state index contributed by atoms with van der Waals surface area (Å²) < 4.78 is 1.94. The van der Waals surface area contributed by atoms with Gasteiger partial charge in [0.15, 0.2) is 0 Å². The molecule has 0 aliphatic carbocycles. The Kier molecular flexibility index (Phi) is 2.04. The molecule has 0 radical (unpaired) electrons. The van der Waals surface area contributed by atoms with E-state index in [1.165, 1.54) is 5.69 Å². The third-order valence-electron chi connectivity index (χ3n) is 1.65. The summed E-state index contributed by atoms with van der Waals surface area (Å²) >= 11 is 0. The van der Waals surface area contributed by atoms with E-state index in [1.807, 2.05) is 18.5 Å². The van der Waals surface area contributed by atoms with Crippen molar-refractivity contribution < 1.29 is 0 Å². The molecule has 3 heteroatoms. The van der Waals surface area contributed by atoms with Crippen molar-refractivity contribution in [3.63, 3.8) is 0 Å². The molecule has 0 saturated carbocycles. The van der Waals surface area contributed by atoms with Crippen LogP contribution in [0.3, 0.4) is 0 Å². The van der Waals surface area contributed by atoms with Gasteiger partial charge in [0.05, 0.1) is 11.4 Å². The molecule has 0 atom stereocenters. The van der Waals surface area contributed by atoms with Crippen molar-refractivity contribution in [3.8, 4) is 0 Å². The number of rotatable bonds is 2. The summed E-state index contributed by atoms with van der Waals surface area (Å²) in [7, 11) is 0. The van der Waals surface area contributed by atoms with Gasteiger partial charge in [0, 0.05) is 6.54 Å². The second-order valence-electron chi connectivity index (χ2n) is 2.48. The van der Waals surface area contributed by atoms with Gasteiger partial charge in [-0.2, -0.15) is 0 Å². The molecular formula is C7H13N3. The summed E-state index contributed by atoms with van der Waals surface area (Å²) in [6, 6.07) is 0. The minimum atomic E-state index is 0.979. The molecule has 0 N–H and O–H groups in total. The topological polar surface area (TPSA) is 30.7 Å². The molecule has 1 heterocycles. The molecule has 0 saturated heterocycles. The highest BCUT2D eigenvalue weighted by molar-refractivity contribution is 5.04. The van der Waals surface area contributed by atoms with E-state index in [1.54, 1.807) is 0 Å². The van der Waals surface area contributed by atoms with Gasteiger partial charge in [-0.15, -0.1) is 5.10 Å². The van der Waals surface area contributed by atoms with Crippen LogP contribution in [0.15, 0.2) is 0 Å². The lowest BCUT2D eigenvalue weighted by Gasteiger charge is -1.97. The third-order valence-corrected chi connectivity index (χ3v) is 1.65. The average molecular weight is 139 g/mol. The monoisotopic (exact) mass is 139 g/mol. The largest absolute Gasteiger partial charge is 0.249 e. The van der Waals surface area contributed by atoms with E-state index < -0.39 is 0 Å². The molecule has 1 rings (SSSR count). The van der Waals surface area contributed by atoms with Crippen LogP contribution in [0.25, 0.3) is 0 Å². The lowest BCUT2D eigenvalue weighted by Crippen LogP contribution is -2.01. The molecule has 0 spiro atoms. The fourth-order valence-electron chi connectivity index (χ4n) is 0.872. The van der Waals surface area contributed by atoms with Crippen LogP contribution >= 0.6 is 0 Å². The Morgan fingerprint density at radius 1 is 1.40 bits per heavy atom. The Labute approximate surface area is 61.1 Å². The van der Waals surface area contributed by atoms with Crippen LogP contribution < -0.4 is 0 Å². The fraction of sp³-hybridized carbons (Fsp3) is 0.714. The minimum Gasteiger partial charge on any atom is -0.249 e. The van der Waals surface area contributed by atoms with Crippen LogP contribution in [0.5, 0.6) is 0 Å². The molecular weight excluding hydrogens is 126 g/mol. The first kappa shape index (κ1) is 7.25. The molecule has 0 bridgehead atoms. The first-order chi connectivity index (χ1) is 4.75. The van der Waals surface area contributed by atoms with Crippen molar-refractivity contribution in [1.29, 1.82) is 0 Å². The highest BCUT2D eigenvalue weighted by Gasteiger charge is 2.00. The second-order valence-corrected chi connectivity index (χ2v) is 2.48. The number of hydrogen-bond donors (Lipinski definition) is 0. The van der Waals surface area contributed by atoms with Gasteiger partial charge in [-0.25, -0.2) is 4.68 Å². The zero-order valence-corrected chi connectivity index (χ0v) is 6.76. The van der Waals surface area contributed by atoms with Crippen LogP contribution in [0, 0.1) is 13.8 Å². The van der Waals surface area contributed by atoms with Crippen molar-refractivity contribution in [3.05, 3.63) is 11.4 Å². The van der Waals surface area contributed by atoms with E-state index >= 15 is 0 Å². The Morgan fingerprint density at radius 2 is 2.10 bits per heavy atom. The van der Waals surface area contributed by atoms with Gasteiger partial charge >= 0.3 is 0 Å². The highest BCUT2D eigenvalue weighted by atomic mass is 15.4. The van der Waals surface area contributed by atoms with Gasteiger partial charge < -0.3 is 0 Å². The van der Waals surface area contributed by atoms with E-state index in [9.17, 15) is 0 Å². The number of aryl methyl sites for hydroxylation is 2. The molecule has 1 aromatic rings. The predicted molar refractivity (Wildman–Crippen MR) is 39.8 cm³/mol. The first-order valence-corrected chi connectivity index (χ1v) is 3.62. The zero-order valence-electron chi connectivity index (χ0n) is 6.76. The predicted octanol–water partition coefficient (Wildman–Crippen LogP) is 1.30. The lowest BCUT2D eigenvalue weighted by molar-refractivity contribution is 0.566. The molecule has 56 valence electrons. The first-order valence-electron chi connectivity index (χ1n) is 3.62. The summed E-state index contributed by atoms with van der Waals surface area (Å²) in [5.41, 5.74) is 2.22. The fourth-order valence-corrected chi connectivity index (χ4v) is 0.872. The molecule has 10 heavy (non-hydrogen) atoms. The van der Waals surface area contributed by atoms with Crippen LogP contribution in [0.4, 0.5) is 0 Å². The lowest BCUT2D eigenvalue weighted by atomic mass is 10.4. The van der Waals surface area contributed by atoms with E-state index in [4.69, 9.17) is 0 Å². The number of hydrogen-bond acceptors (Lipinski definition) is 2. The minimum absolute atomic E-state index is 0.979. The summed E-state index contributed by atoms with van der Waals surface area (Å²) in [6.07, 6.45) is 1.11. The summed E-state index contributed by atoms with van der Waals surface area (Å²) in [6.45, 7) is 7.14. The Bertz CT molecular complexity index is 215. The van der Waals surface area contributed by atoms with Gasteiger partial charge in [0.2, 0.25) is 0 Å². The third kappa shape index (κ3) is 1.17. The normalized spacial score (nSPS) is 10.3. The van der Waals surface area contributed by atoms with Crippen molar-refractivity contribution in [2.45, 2.75) is 33.7 Å². The molecule has 0 aromatic carbocycles. The van der Waals surface area contributed by atoms with E-state index in [0.717, 1.165) is 18.7 Å². The average Bonchev–Trinajstić information content (AvgIpc) is 2.20. The molecule has 0 amide bonds. The zero-order chi connectivity index (χ0) is 7.56. The number of aromatic nitrogens is 3. The van der Waals surface area contributed by atoms with Crippen LogP contribution in [0.2, 0.25) is 0 Å². The molecule has 3 nitrogen and oxygen atoms in total. The van der Waals surface area contributed by atoms with Crippen molar-refractivity contribution in [2.75, 3.05) is 0 Å². The van der Waals surface area contributed by atoms with Crippen LogP contribution in [-0.4, -0.2) is 15.0 Å². The Morgan fingerprint density at radius 3 is 2.50 bits per heavy atom. The van der Waals surface area contributed by atoms with Crippen molar-refractivity contribution in [2.24, 2.45) is 0 Å². The quantitative estimate of drug-likeness (QED) is 0.618. The smallest absolute Gasteiger partial charge is 0.0825 e. The van der Waals surface area contributed by atoms with E-state index in [-0.39, 0.29) is 0 Å². The summed E-state index contributed by atoms with van der Waals surface area (Å²) in [4.78, 5) is 0. The van der Waals surface area contributed by atoms with Gasteiger partial charge in [-0.1, -0.05) is 12.1 Å². The maximum absolute atomic E-state index is 3.97. The molecule has 0 aliphatic heterocycles. The Hall–Kier alpha value is -0.860. The van der Waals surface area contributed by atoms with E-state index in [2.05, 4.69) is 17.2 Å². The van der Waals surface area contributed by atoms with Crippen molar-refractivity contribution >= 4 is 0 Å². The van der Waals surface area contributed by atoms with Gasteiger partial charge in [-0.05, 0) is 20.3 Å². The summed E-state index contributed by atoms with van der Waals surface area (Å²) in [5.74, 6) is 0. The standard InChI is InChI=1S/C7H13N3/c1-4-5-10-7(3)6(2)8-9-10/h4-5H2,1-3H3. The molecule has 0 aliphatic rings. The molecule has 0 unspecified atom stereocenters.